The predicted molar refractivity (Wildman–Crippen MR) is 44.3 cm³/mol. The van der Waals surface area contributed by atoms with E-state index in [4.69, 9.17) is 0 Å². The van der Waals surface area contributed by atoms with Crippen LogP contribution in [0.25, 0.3) is 0 Å². The number of rotatable bonds is 5. The van der Waals surface area contributed by atoms with Crippen molar-refractivity contribution in [1.29, 1.82) is 0 Å². The molecule has 0 nitrogen and oxygen atoms in total. The fraction of sp³-hybridized carbons (Fsp3) is 1.00. The van der Waals surface area contributed by atoms with E-state index in [0.717, 1.165) is 6.92 Å². The minimum absolute atomic E-state index is 0.136. The fourth-order valence-electron chi connectivity index (χ4n) is 0.981. The first-order valence-corrected chi connectivity index (χ1v) is 4.27. The number of unbranched alkanes of at least 4 members (excludes halogenated alkanes) is 1. The number of alkyl halides is 3. The predicted octanol–water partition coefficient (Wildman–Crippen LogP) is 3.95. The van der Waals surface area contributed by atoms with Gasteiger partial charge in [0.1, 0.15) is 5.67 Å². The molecule has 12 heavy (non-hydrogen) atoms. The minimum Gasteiger partial charge on any atom is -0.245 e. The smallest absolute Gasteiger partial charge is 0.245 e. The average molecular weight is 182 g/mol. The number of hydrogen-bond donors (Lipinski definition) is 0. The largest absolute Gasteiger partial charge is 0.245 e. The van der Waals surface area contributed by atoms with E-state index in [0.29, 0.717) is 19.3 Å². The Bertz CT molecular complexity index is 103. The van der Waals surface area contributed by atoms with E-state index in [-0.39, 0.29) is 6.42 Å². The Morgan fingerprint density at radius 3 is 1.58 bits per heavy atom. The highest BCUT2D eigenvalue weighted by molar-refractivity contribution is 4.66. The third-order valence-electron chi connectivity index (χ3n) is 1.64. The molecule has 0 aliphatic carbocycles. The van der Waals surface area contributed by atoms with Crippen LogP contribution < -0.4 is 0 Å². The summed E-state index contributed by atoms with van der Waals surface area (Å²) in [5, 5.41) is 0. The number of halogens is 3. The van der Waals surface area contributed by atoms with Crippen LogP contribution in [0.2, 0.25) is 0 Å². The molecule has 0 N–H and O–H groups in total. The van der Waals surface area contributed by atoms with Crippen LogP contribution in [0.1, 0.15) is 46.5 Å². The van der Waals surface area contributed by atoms with Gasteiger partial charge in [-0.25, -0.2) is 13.2 Å². The van der Waals surface area contributed by atoms with E-state index >= 15 is 0 Å². The summed E-state index contributed by atoms with van der Waals surface area (Å²) < 4.78 is 37.3. The Hall–Kier alpha value is -0.210. The van der Waals surface area contributed by atoms with Gasteiger partial charge in [0.15, 0.2) is 0 Å². The molecule has 0 atom stereocenters. The van der Waals surface area contributed by atoms with Crippen LogP contribution >= 0.6 is 0 Å². The van der Waals surface area contributed by atoms with E-state index in [1.54, 1.807) is 0 Å². The molecule has 74 valence electrons. The summed E-state index contributed by atoms with van der Waals surface area (Å²) in [5.41, 5.74) is -1.22. The fourth-order valence-corrected chi connectivity index (χ4v) is 0.981. The highest BCUT2D eigenvalue weighted by atomic mass is 19.3. The molecular formula is C9H17F3. The molecule has 0 spiro atoms. The lowest BCUT2D eigenvalue weighted by Crippen LogP contribution is -2.13. The Balaban J connectivity index is 3.35. The van der Waals surface area contributed by atoms with Gasteiger partial charge < -0.3 is 0 Å². The molecule has 0 aromatic rings. The van der Waals surface area contributed by atoms with Gasteiger partial charge in [0, 0.05) is 6.42 Å². The Labute approximate surface area is 72.2 Å². The maximum Gasteiger partial charge on any atom is 0.245 e. The normalized spacial score (nSPS) is 13.5. The summed E-state index contributed by atoms with van der Waals surface area (Å²) in [5.74, 6) is -2.60. The van der Waals surface area contributed by atoms with Crippen molar-refractivity contribution in [2.75, 3.05) is 0 Å². The average Bonchev–Trinajstić information content (AvgIpc) is 1.76. The Morgan fingerprint density at radius 2 is 1.25 bits per heavy atom. The molecule has 0 rings (SSSR count). The Morgan fingerprint density at radius 1 is 0.833 bits per heavy atom. The van der Waals surface area contributed by atoms with Crippen LogP contribution in [-0.4, -0.2) is 11.6 Å². The molecule has 0 fully saturated rings. The second kappa shape index (κ2) is 4.15. The zero-order valence-corrected chi connectivity index (χ0v) is 7.96. The third-order valence-corrected chi connectivity index (χ3v) is 1.64. The van der Waals surface area contributed by atoms with Gasteiger partial charge in [0.25, 0.3) is 0 Å². The molecule has 3 heteroatoms. The molecule has 0 aliphatic heterocycles. The van der Waals surface area contributed by atoms with E-state index in [1.165, 1.54) is 13.8 Å². The van der Waals surface area contributed by atoms with Gasteiger partial charge in [-0.15, -0.1) is 0 Å². The number of hydrogen-bond acceptors (Lipinski definition) is 0. The molecule has 0 aromatic heterocycles. The van der Waals surface area contributed by atoms with E-state index in [9.17, 15) is 13.2 Å². The maximum absolute atomic E-state index is 12.8. The van der Waals surface area contributed by atoms with Crippen molar-refractivity contribution < 1.29 is 13.2 Å². The summed E-state index contributed by atoms with van der Waals surface area (Å²) >= 11 is 0. The lowest BCUT2D eigenvalue weighted by atomic mass is 10.0. The zero-order chi connectivity index (χ0) is 9.83. The van der Waals surface area contributed by atoms with Gasteiger partial charge >= 0.3 is 0 Å². The summed E-state index contributed by atoms with van der Waals surface area (Å²) in [4.78, 5) is 0. The maximum atomic E-state index is 12.8. The first kappa shape index (κ1) is 11.8. The lowest BCUT2D eigenvalue weighted by molar-refractivity contribution is 0.00932. The second-order valence-corrected chi connectivity index (χ2v) is 4.00. The van der Waals surface area contributed by atoms with Crippen molar-refractivity contribution in [1.82, 2.24) is 0 Å². The zero-order valence-electron chi connectivity index (χ0n) is 7.96. The van der Waals surface area contributed by atoms with Crippen LogP contribution in [0.15, 0.2) is 0 Å². The monoisotopic (exact) mass is 182 g/mol. The summed E-state index contributed by atoms with van der Waals surface area (Å²) in [7, 11) is 0. The standard InChI is InChI=1S/C9H17F3/c1-8(2,10)6-4-5-7-9(3,11)12/h4-7H2,1-3H3. The topological polar surface area (TPSA) is 0 Å². The molecule has 0 radical (unpaired) electrons. The van der Waals surface area contributed by atoms with Crippen molar-refractivity contribution in [3.63, 3.8) is 0 Å². The molecule has 0 amide bonds. The van der Waals surface area contributed by atoms with Gasteiger partial charge in [-0.3, -0.25) is 0 Å². The first-order valence-electron chi connectivity index (χ1n) is 4.27. The van der Waals surface area contributed by atoms with Crippen LogP contribution in [0.4, 0.5) is 13.2 Å². The molecule has 0 aliphatic rings. The van der Waals surface area contributed by atoms with Crippen LogP contribution in [0.5, 0.6) is 0 Å². The Kier molecular flexibility index (Phi) is 4.08. The van der Waals surface area contributed by atoms with Crippen molar-refractivity contribution >= 4 is 0 Å². The third kappa shape index (κ3) is 9.79. The van der Waals surface area contributed by atoms with E-state index in [2.05, 4.69) is 0 Å². The van der Waals surface area contributed by atoms with E-state index < -0.39 is 11.6 Å². The SMILES string of the molecule is CC(C)(F)CCCCC(C)(F)F. The molecule has 0 saturated carbocycles. The van der Waals surface area contributed by atoms with Crippen LogP contribution in [0.3, 0.4) is 0 Å². The molecule has 0 aromatic carbocycles. The molecule has 0 unspecified atom stereocenters. The quantitative estimate of drug-likeness (QED) is 0.565. The highest BCUT2D eigenvalue weighted by Crippen LogP contribution is 2.23. The van der Waals surface area contributed by atoms with Crippen LogP contribution in [-0.2, 0) is 0 Å². The van der Waals surface area contributed by atoms with Crippen molar-refractivity contribution in [2.45, 2.75) is 58.0 Å². The minimum atomic E-state index is -2.60. The van der Waals surface area contributed by atoms with Gasteiger partial charge in [-0.2, -0.15) is 0 Å². The van der Waals surface area contributed by atoms with Crippen molar-refractivity contribution in [2.24, 2.45) is 0 Å². The second-order valence-electron chi connectivity index (χ2n) is 4.00. The van der Waals surface area contributed by atoms with Crippen molar-refractivity contribution in [3.05, 3.63) is 0 Å². The van der Waals surface area contributed by atoms with Gasteiger partial charge in [-0.1, -0.05) is 6.42 Å². The van der Waals surface area contributed by atoms with Gasteiger partial charge in [0.05, 0.1) is 0 Å². The van der Waals surface area contributed by atoms with Crippen LogP contribution in [0, 0.1) is 0 Å². The highest BCUT2D eigenvalue weighted by Gasteiger charge is 2.21. The van der Waals surface area contributed by atoms with Crippen molar-refractivity contribution in [3.8, 4) is 0 Å². The van der Waals surface area contributed by atoms with Gasteiger partial charge in [0.2, 0.25) is 5.92 Å². The summed E-state index contributed by atoms with van der Waals surface area (Å²) in [6, 6.07) is 0. The van der Waals surface area contributed by atoms with Gasteiger partial charge in [-0.05, 0) is 33.6 Å². The molecular weight excluding hydrogens is 165 g/mol. The lowest BCUT2D eigenvalue weighted by Gasteiger charge is -2.14. The molecule has 0 bridgehead atoms. The summed E-state index contributed by atoms with van der Waals surface area (Å²) in [6.45, 7) is 3.84. The first-order chi connectivity index (χ1) is 5.21. The molecule has 0 heterocycles. The summed E-state index contributed by atoms with van der Waals surface area (Å²) in [6.07, 6.45) is 1.16. The van der Waals surface area contributed by atoms with E-state index in [1.807, 2.05) is 0 Å². The molecule has 0 saturated heterocycles.